The monoisotopic (exact) mass is 390 g/mol. The van der Waals surface area contributed by atoms with Crippen molar-refractivity contribution in [3.8, 4) is 5.69 Å². The van der Waals surface area contributed by atoms with Crippen molar-refractivity contribution in [1.29, 1.82) is 0 Å². The summed E-state index contributed by atoms with van der Waals surface area (Å²) < 4.78 is 1.67. The zero-order chi connectivity index (χ0) is 19.5. The summed E-state index contributed by atoms with van der Waals surface area (Å²) in [7, 11) is 0. The van der Waals surface area contributed by atoms with Crippen LogP contribution in [0.15, 0.2) is 59.9 Å². The largest absolute Gasteiger partial charge is 0.325 e. The quantitative estimate of drug-likeness (QED) is 0.414. The number of fused-ring (bicyclic) bond motifs is 1. The summed E-state index contributed by atoms with van der Waals surface area (Å²) in [5.41, 5.74) is 5.15. The van der Waals surface area contributed by atoms with Gasteiger partial charge >= 0.3 is 0 Å². The highest BCUT2D eigenvalue weighted by Gasteiger charge is 2.14. The maximum Gasteiger partial charge on any atom is 0.234 e. The molecule has 0 radical (unpaired) electrons. The average molecular weight is 390 g/mol. The number of aryl methyl sites for hydroxylation is 2. The molecule has 8 heteroatoms. The van der Waals surface area contributed by atoms with Crippen LogP contribution in [0.5, 0.6) is 0 Å². The normalized spacial score (nSPS) is 10.9. The molecule has 0 saturated heterocycles. The van der Waals surface area contributed by atoms with Gasteiger partial charge in [0.25, 0.3) is 0 Å². The summed E-state index contributed by atoms with van der Waals surface area (Å²) in [4.78, 5) is 20.8. The maximum atomic E-state index is 12.2. The van der Waals surface area contributed by atoms with Gasteiger partial charge in [0.15, 0.2) is 11.2 Å². The van der Waals surface area contributed by atoms with E-state index in [4.69, 9.17) is 0 Å². The van der Waals surface area contributed by atoms with E-state index < -0.39 is 0 Å². The second-order valence-electron chi connectivity index (χ2n) is 6.39. The van der Waals surface area contributed by atoms with E-state index in [1.165, 1.54) is 23.7 Å². The molecule has 0 atom stereocenters. The standard InChI is InChI=1S/C20H18N6OS/c1-13-3-7-15(8-4-13)23-17(27)11-28-20-18-19(21-12-22-20)26(25-24-18)16-9-5-14(2)6-10-16/h3-10,12H,11H2,1-2H3,(H,23,27). The van der Waals surface area contributed by atoms with Crippen molar-refractivity contribution in [1.82, 2.24) is 25.0 Å². The van der Waals surface area contributed by atoms with Crippen molar-refractivity contribution in [2.24, 2.45) is 0 Å². The van der Waals surface area contributed by atoms with E-state index in [-0.39, 0.29) is 11.7 Å². The number of anilines is 1. The van der Waals surface area contributed by atoms with Crippen LogP contribution in [0.1, 0.15) is 11.1 Å². The molecule has 0 saturated carbocycles. The number of benzene rings is 2. The fourth-order valence-electron chi connectivity index (χ4n) is 2.66. The molecule has 2 aromatic heterocycles. The van der Waals surface area contributed by atoms with Crippen LogP contribution >= 0.6 is 11.8 Å². The van der Waals surface area contributed by atoms with Gasteiger partial charge in [-0.3, -0.25) is 4.79 Å². The summed E-state index contributed by atoms with van der Waals surface area (Å²) in [5, 5.41) is 11.9. The SMILES string of the molecule is Cc1ccc(NC(=O)CSc2ncnc3c2nnn3-c2ccc(C)cc2)cc1. The number of aromatic nitrogens is 5. The molecule has 0 unspecified atom stereocenters. The molecule has 0 spiro atoms. The molecule has 140 valence electrons. The minimum Gasteiger partial charge on any atom is -0.325 e. The van der Waals surface area contributed by atoms with Crippen molar-refractivity contribution in [2.75, 3.05) is 11.1 Å². The number of nitrogens with one attached hydrogen (secondary N) is 1. The van der Waals surface area contributed by atoms with Crippen molar-refractivity contribution < 1.29 is 4.79 Å². The molecule has 0 aliphatic heterocycles. The lowest BCUT2D eigenvalue weighted by Gasteiger charge is -2.05. The second-order valence-corrected chi connectivity index (χ2v) is 7.35. The Morgan fingerprint density at radius 3 is 2.39 bits per heavy atom. The number of nitrogens with zero attached hydrogens (tertiary/aromatic N) is 5. The fraction of sp³-hybridized carbons (Fsp3) is 0.150. The van der Waals surface area contributed by atoms with Crippen molar-refractivity contribution in [2.45, 2.75) is 18.9 Å². The number of hydrogen-bond donors (Lipinski definition) is 1. The third kappa shape index (κ3) is 3.86. The van der Waals surface area contributed by atoms with Gasteiger partial charge in [0, 0.05) is 5.69 Å². The molecule has 0 fully saturated rings. The lowest BCUT2D eigenvalue weighted by molar-refractivity contribution is -0.113. The molecule has 7 nitrogen and oxygen atoms in total. The smallest absolute Gasteiger partial charge is 0.234 e. The van der Waals surface area contributed by atoms with E-state index in [0.29, 0.717) is 16.2 Å². The third-order valence-electron chi connectivity index (χ3n) is 4.16. The number of carbonyl (C=O) groups is 1. The molecule has 0 aliphatic rings. The van der Waals surface area contributed by atoms with E-state index in [9.17, 15) is 4.79 Å². The summed E-state index contributed by atoms with van der Waals surface area (Å²) in [6.45, 7) is 4.04. The Bertz CT molecular complexity index is 1120. The first kappa shape index (κ1) is 18.1. The van der Waals surface area contributed by atoms with Crippen LogP contribution in [0, 0.1) is 13.8 Å². The van der Waals surface area contributed by atoms with Crippen LogP contribution in [0.25, 0.3) is 16.9 Å². The molecule has 0 aliphatic carbocycles. The van der Waals surface area contributed by atoms with Crippen molar-refractivity contribution in [3.05, 3.63) is 66.0 Å². The topological polar surface area (TPSA) is 85.6 Å². The maximum absolute atomic E-state index is 12.2. The Kier molecular flexibility index (Phi) is 5.03. The average Bonchev–Trinajstić information content (AvgIpc) is 3.13. The molecule has 4 aromatic rings. The first-order valence-corrected chi connectivity index (χ1v) is 9.71. The van der Waals surface area contributed by atoms with Gasteiger partial charge in [0.05, 0.1) is 11.4 Å². The first-order chi connectivity index (χ1) is 13.6. The Morgan fingerprint density at radius 2 is 1.68 bits per heavy atom. The highest BCUT2D eigenvalue weighted by atomic mass is 32.2. The lowest BCUT2D eigenvalue weighted by Crippen LogP contribution is -2.14. The van der Waals surface area contributed by atoms with Gasteiger partial charge in [0.2, 0.25) is 5.91 Å². The fourth-order valence-corrected chi connectivity index (χ4v) is 3.39. The van der Waals surface area contributed by atoms with Gasteiger partial charge in [0.1, 0.15) is 11.4 Å². The first-order valence-electron chi connectivity index (χ1n) is 8.73. The Labute approximate surface area is 166 Å². The Hall–Kier alpha value is -3.26. The number of hydrogen-bond acceptors (Lipinski definition) is 6. The van der Waals surface area contributed by atoms with Crippen LogP contribution in [0.2, 0.25) is 0 Å². The molecule has 28 heavy (non-hydrogen) atoms. The van der Waals surface area contributed by atoms with Crippen molar-refractivity contribution in [3.63, 3.8) is 0 Å². The highest BCUT2D eigenvalue weighted by Crippen LogP contribution is 2.24. The zero-order valence-electron chi connectivity index (χ0n) is 15.5. The number of amides is 1. The van der Waals surface area contributed by atoms with Crippen LogP contribution in [-0.4, -0.2) is 36.6 Å². The van der Waals surface area contributed by atoms with E-state index in [1.807, 2.05) is 62.4 Å². The molecule has 2 aromatic carbocycles. The van der Waals surface area contributed by atoms with E-state index >= 15 is 0 Å². The molecule has 4 rings (SSSR count). The third-order valence-corrected chi connectivity index (χ3v) is 5.14. The van der Waals surface area contributed by atoms with E-state index in [2.05, 4.69) is 25.6 Å². The van der Waals surface area contributed by atoms with Gasteiger partial charge in [-0.05, 0) is 38.1 Å². The molecular weight excluding hydrogens is 372 g/mol. The summed E-state index contributed by atoms with van der Waals surface area (Å²) in [6.07, 6.45) is 1.47. The Balaban J connectivity index is 1.50. The number of rotatable bonds is 5. The van der Waals surface area contributed by atoms with Crippen LogP contribution < -0.4 is 5.32 Å². The minimum atomic E-state index is -0.105. The van der Waals surface area contributed by atoms with Gasteiger partial charge in [-0.2, -0.15) is 4.68 Å². The van der Waals surface area contributed by atoms with Gasteiger partial charge in [-0.25, -0.2) is 9.97 Å². The van der Waals surface area contributed by atoms with E-state index in [0.717, 1.165) is 16.9 Å². The van der Waals surface area contributed by atoms with Gasteiger partial charge in [-0.15, -0.1) is 5.10 Å². The molecule has 0 bridgehead atoms. The summed E-state index contributed by atoms with van der Waals surface area (Å²) in [6, 6.07) is 15.6. The van der Waals surface area contributed by atoms with Crippen LogP contribution in [0.3, 0.4) is 0 Å². The summed E-state index contributed by atoms with van der Waals surface area (Å²) in [5.74, 6) is 0.115. The Morgan fingerprint density at radius 1 is 1.00 bits per heavy atom. The number of carbonyl (C=O) groups excluding carboxylic acids is 1. The van der Waals surface area contributed by atoms with Gasteiger partial charge in [-0.1, -0.05) is 52.4 Å². The molecular formula is C20H18N6OS. The highest BCUT2D eigenvalue weighted by molar-refractivity contribution is 8.00. The van der Waals surface area contributed by atoms with Crippen LogP contribution in [-0.2, 0) is 4.79 Å². The molecule has 1 N–H and O–H groups in total. The minimum absolute atomic E-state index is 0.105. The van der Waals surface area contributed by atoms with E-state index in [1.54, 1.807) is 4.68 Å². The molecule has 1 amide bonds. The second kappa shape index (κ2) is 7.77. The predicted molar refractivity (Wildman–Crippen MR) is 110 cm³/mol. The summed E-state index contributed by atoms with van der Waals surface area (Å²) >= 11 is 1.31. The van der Waals surface area contributed by atoms with Gasteiger partial charge < -0.3 is 5.32 Å². The number of thioether (sulfide) groups is 1. The van der Waals surface area contributed by atoms with Crippen LogP contribution in [0.4, 0.5) is 5.69 Å². The zero-order valence-corrected chi connectivity index (χ0v) is 16.3. The van der Waals surface area contributed by atoms with Crippen molar-refractivity contribution >= 4 is 34.5 Å². The lowest BCUT2D eigenvalue weighted by atomic mass is 10.2. The molecule has 2 heterocycles. The predicted octanol–water partition coefficient (Wildman–Crippen LogP) is 3.56.